The zero-order valence-corrected chi connectivity index (χ0v) is 12.9. The second-order valence-electron chi connectivity index (χ2n) is 4.71. The molecule has 22 heavy (non-hydrogen) atoms. The fourth-order valence-corrected chi connectivity index (χ4v) is 2.58. The molecule has 1 atom stereocenters. The average Bonchev–Trinajstić information content (AvgIpc) is 2.44. The normalized spacial score (nSPS) is 11.7. The van der Waals surface area contributed by atoms with Crippen molar-refractivity contribution in [1.82, 2.24) is 0 Å². The minimum Gasteiger partial charge on any atom is -0.481 e. The quantitative estimate of drug-likeness (QED) is 0.859. The molecule has 2 aromatic carbocycles. The van der Waals surface area contributed by atoms with Crippen LogP contribution >= 0.6 is 23.2 Å². The van der Waals surface area contributed by atoms with Gasteiger partial charge in [-0.1, -0.05) is 53.5 Å². The summed E-state index contributed by atoms with van der Waals surface area (Å²) >= 11 is 11.7. The van der Waals surface area contributed by atoms with Crippen molar-refractivity contribution in [2.24, 2.45) is 0 Å². The predicted octanol–water partition coefficient (Wildman–Crippen LogP) is 4.19. The second-order valence-corrected chi connectivity index (χ2v) is 5.58. The Morgan fingerprint density at radius 2 is 1.64 bits per heavy atom. The molecular weight excluding hydrogens is 325 g/mol. The van der Waals surface area contributed by atoms with Crippen LogP contribution in [0.1, 0.15) is 17.9 Å². The molecule has 0 heterocycles. The van der Waals surface area contributed by atoms with Gasteiger partial charge in [-0.15, -0.1) is 0 Å². The molecule has 0 aromatic heterocycles. The molecule has 0 aliphatic rings. The fourth-order valence-electron chi connectivity index (χ4n) is 2.06. The van der Waals surface area contributed by atoms with E-state index in [1.807, 2.05) is 0 Å². The molecule has 4 nitrogen and oxygen atoms in total. The number of hydrogen-bond donors (Lipinski definition) is 2. The molecule has 0 radical (unpaired) electrons. The van der Waals surface area contributed by atoms with Crippen LogP contribution in [0.2, 0.25) is 10.0 Å². The number of benzene rings is 2. The van der Waals surface area contributed by atoms with E-state index in [-0.39, 0.29) is 6.42 Å². The molecule has 0 saturated carbocycles. The third-order valence-electron chi connectivity index (χ3n) is 3.04. The van der Waals surface area contributed by atoms with Crippen LogP contribution in [0.3, 0.4) is 0 Å². The van der Waals surface area contributed by atoms with E-state index >= 15 is 0 Å². The Hall–Kier alpha value is -2.04. The van der Waals surface area contributed by atoms with Crippen molar-refractivity contribution in [1.29, 1.82) is 0 Å². The summed E-state index contributed by atoms with van der Waals surface area (Å²) < 4.78 is 0. The molecule has 0 saturated heterocycles. The molecule has 114 valence electrons. The molecule has 2 N–H and O–H groups in total. The maximum Gasteiger partial charge on any atom is 0.311 e. The zero-order valence-electron chi connectivity index (χ0n) is 11.4. The van der Waals surface area contributed by atoms with Crippen LogP contribution in [0.25, 0.3) is 0 Å². The van der Waals surface area contributed by atoms with Gasteiger partial charge >= 0.3 is 5.97 Å². The molecule has 6 heteroatoms. The van der Waals surface area contributed by atoms with E-state index in [0.717, 1.165) is 0 Å². The van der Waals surface area contributed by atoms with Gasteiger partial charge in [0.25, 0.3) is 0 Å². The number of hydrogen-bond acceptors (Lipinski definition) is 2. The van der Waals surface area contributed by atoms with Gasteiger partial charge in [0.15, 0.2) is 0 Å². The Kier molecular flexibility index (Phi) is 5.41. The van der Waals surface area contributed by atoms with Crippen LogP contribution in [0.4, 0.5) is 5.69 Å². The van der Waals surface area contributed by atoms with Crippen LogP contribution in [-0.4, -0.2) is 17.0 Å². The highest BCUT2D eigenvalue weighted by Gasteiger charge is 2.23. The summed E-state index contributed by atoms with van der Waals surface area (Å²) in [7, 11) is 0. The molecule has 0 aliphatic heterocycles. The molecular formula is C16H13Cl2NO3. The van der Waals surface area contributed by atoms with Crippen LogP contribution in [0.5, 0.6) is 0 Å². The number of carboxylic acids is 1. The van der Waals surface area contributed by atoms with Crippen LogP contribution in [0.15, 0.2) is 48.5 Å². The van der Waals surface area contributed by atoms with Crippen LogP contribution in [-0.2, 0) is 9.59 Å². The first-order valence-corrected chi connectivity index (χ1v) is 7.25. The fraction of sp³-hybridized carbons (Fsp3) is 0.125. The lowest BCUT2D eigenvalue weighted by Gasteiger charge is -2.13. The predicted molar refractivity (Wildman–Crippen MR) is 86.5 cm³/mol. The van der Waals surface area contributed by atoms with Gasteiger partial charge in [-0.05, 0) is 23.8 Å². The molecule has 0 aliphatic carbocycles. The Labute approximate surface area is 137 Å². The van der Waals surface area contributed by atoms with Crippen molar-refractivity contribution >= 4 is 40.8 Å². The van der Waals surface area contributed by atoms with E-state index in [9.17, 15) is 14.7 Å². The number of carbonyl (C=O) groups excluding carboxylic acids is 1. The topological polar surface area (TPSA) is 66.4 Å². The van der Waals surface area contributed by atoms with Crippen molar-refractivity contribution in [3.8, 4) is 0 Å². The third-order valence-corrected chi connectivity index (χ3v) is 3.47. The third kappa shape index (κ3) is 4.48. The highest BCUT2D eigenvalue weighted by atomic mass is 35.5. The monoisotopic (exact) mass is 337 g/mol. The number of halogens is 2. The van der Waals surface area contributed by atoms with E-state index in [1.54, 1.807) is 48.5 Å². The van der Waals surface area contributed by atoms with E-state index in [0.29, 0.717) is 21.3 Å². The summed E-state index contributed by atoms with van der Waals surface area (Å²) in [5.74, 6) is -2.38. The number of carboxylic acid groups (broad SMARTS) is 1. The maximum atomic E-state index is 12.1. The first kappa shape index (κ1) is 16.3. The summed E-state index contributed by atoms with van der Waals surface area (Å²) in [6.45, 7) is 0. The minimum absolute atomic E-state index is 0.177. The van der Waals surface area contributed by atoms with Crippen molar-refractivity contribution in [3.63, 3.8) is 0 Å². The summed E-state index contributed by atoms with van der Waals surface area (Å²) in [6, 6.07) is 13.3. The molecule has 1 amide bonds. The van der Waals surface area contributed by atoms with Gasteiger partial charge in [0, 0.05) is 22.2 Å². The van der Waals surface area contributed by atoms with E-state index < -0.39 is 17.8 Å². The largest absolute Gasteiger partial charge is 0.481 e. The molecule has 2 rings (SSSR count). The minimum atomic E-state index is -1.05. The van der Waals surface area contributed by atoms with Crippen molar-refractivity contribution in [3.05, 3.63) is 64.1 Å². The van der Waals surface area contributed by atoms with Crippen LogP contribution < -0.4 is 5.32 Å². The zero-order chi connectivity index (χ0) is 16.1. The Balaban J connectivity index is 2.10. The lowest BCUT2D eigenvalue weighted by molar-refractivity contribution is -0.140. The molecule has 2 aromatic rings. The summed E-state index contributed by atoms with van der Waals surface area (Å²) in [5.41, 5.74) is 1.01. The molecule has 0 spiro atoms. The average molecular weight is 338 g/mol. The summed E-state index contributed by atoms with van der Waals surface area (Å²) in [5, 5.41) is 12.7. The number of aliphatic carboxylic acids is 1. The maximum absolute atomic E-state index is 12.1. The van der Waals surface area contributed by atoms with Gasteiger partial charge < -0.3 is 10.4 Å². The Morgan fingerprint density at radius 1 is 1.05 bits per heavy atom. The van der Waals surface area contributed by atoms with Gasteiger partial charge in [0.05, 0.1) is 5.92 Å². The molecule has 0 fully saturated rings. The summed E-state index contributed by atoms with van der Waals surface area (Å²) in [6.07, 6.45) is -0.177. The van der Waals surface area contributed by atoms with Crippen molar-refractivity contribution < 1.29 is 14.7 Å². The lowest BCUT2D eigenvalue weighted by Crippen LogP contribution is -2.20. The molecule has 0 bridgehead atoms. The van der Waals surface area contributed by atoms with Gasteiger partial charge in [0.2, 0.25) is 5.91 Å². The Morgan fingerprint density at radius 3 is 2.18 bits per heavy atom. The van der Waals surface area contributed by atoms with Crippen molar-refractivity contribution in [2.45, 2.75) is 12.3 Å². The number of nitrogens with one attached hydrogen (secondary N) is 1. The number of rotatable bonds is 5. The Bertz CT molecular complexity index is 669. The highest BCUT2D eigenvalue weighted by molar-refractivity contribution is 6.35. The summed E-state index contributed by atoms with van der Waals surface area (Å²) in [4.78, 5) is 23.4. The van der Waals surface area contributed by atoms with E-state index in [2.05, 4.69) is 5.32 Å². The highest BCUT2D eigenvalue weighted by Crippen LogP contribution is 2.24. The van der Waals surface area contributed by atoms with Crippen LogP contribution in [0, 0.1) is 0 Å². The first-order chi connectivity index (χ1) is 10.5. The lowest BCUT2D eigenvalue weighted by atomic mass is 9.95. The van der Waals surface area contributed by atoms with Gasteiger partial charge in [-0.25, -0.2) is 0 Å². The number of carbonyl (C=O) groups is 2. The van der Waals surface area contributed by atoms with Gasteiger partial charge in [-0.3, -0.25) is 9.59 Å². The first-order valence-electron chi connectivity index (χ1n) is 6.49. The second kappa shape index (κ2) is 7.29. The smallest absolute Gasteiger partial charge is 0.311 e. The number of amides is 1. The molecule has 1 unspecified atom stereocenters. The van der Waals surface area contributed by atoms with Gasteiger partial charge in [0.1, 0.15) is 0 Å². The van der Waals surface area contributed by atoms with E-state index in [1.165, 1.54) is 0 Å². The van der Waals surface area contributed by atoms with Crippen molar-refractivity contribution in [2.75, 3.05) is 5.32 Å². The van der Waals surface area contributed by atoms with E-state index in [4.69, 9.17) is 23.2 Å². The van der Waals surface area contributed by atoms with Gasteiger partial charge in [-0.2, -0.15) is 0 Å². The standard InChI is InChI=1S/C16H13Cl2NO3/c17-11-6-12(18)8-13(7-11)19-15(20)9-14(16(21)22)10-4-2-1-3-5-10/h1-8,14H,9H2,(H,19,20)(H,21,22). The number of anilines is 1. The SMILES string of the molecule is O=C(CC(C(=O)O)c1ccccc1)Nc1cc(Cl)cc(Cl)c1.